The molecule has 0 unspecified atom stereocenters. The number of hydrogen-bond acceptors (Lipinski definition) is 12. The highest BCUT2D eigenvalue weighted by molar-refractivity contribution is 8.00. The van der Waals surface area contributed by atoms with Crippen LogP contribution in [0, 0.1) is 0 Å². The van der Waals surface area contributed by atoms with E-state index in [0.717, 1.165) is 22.1 Å². The molecule has 3 aliphatic heterocycles. The van der Waals surface area contributed by atoms with Crippen LogP contribution >= 0.6 is 23.1 Å². The van der Waals surface area contributed by atoms with E-state index in [1.165, 1.54) is 23.8 Å². The van der Waals surface area contributed by atoms with E-state index < -0.39 is 37.3 Å². The number of nitrogen functional groups attached to an aromatic ring is 1. The van der Waals surface area contributed by atoms with Crippen LogP contribution in [0.3, 0.4) is 0 Å². The molecular weight excluding hydrogens is 627 g/mol. The number of nitrogens with zero attached hydrogens (tertiary/aromatic N) is 5. The molecule has 14 nitrogen and oxygen atoms in total. The summed E-state index contributed by atoms with van der Waals surface area (Å²) < 4.78 is 7.89. The number of nitrogens with two attached hydrogens (primary N) is 1. The molecule has 0 aromatic carbocycles. The van der Waals surface area contributed by atoms with Crippen molar-refractivity contribution in [3.05, 3.63) is 46.4 Å². The number of pyridine rings is 1. The van der Waals surface area contributed by atoms with Gasteiger partial charge in [-0.2, -0.15) is 0 Å². The second kappa shape index (κ2) is 12.3. The summed E-state index contributed by atoms with van der Waals surface area (Å²) in [5.41, 5.74) is 6.98. The number of β-lactam (4-membered cyclic amide) rings is 1. The fraction of sp³-hybridized carbons (Fsp3) is 0.444. The lowest BCUT2D eigenvalue weighted by atomic mass is 10.0. The molecule has 3 aliphatic rings. The van der Waals surface area contributed by atoms with Gasteiger partial charge in [-0.15, -0.1) is 23.1 Å². The number of carbonyl (C=O) groups is 3. The minimum absolute atomic E-state index is 0. The highest BCUT2D eigenvalue weighted by Crippen LogP contribution is 2.40. The predicted molar refractivity (Wildman–Crippen MR) is 168 cm³/mol. The number of hydrogen-bond donors (Lipinski definition) is 3. The minimum Gasteiger partial charge on any atom is -0.870 e. The van der Waals surface area contributed by atoms with Gasteiger partial charge in [-0.1, -0.05) is 24.8 Å². The molecule has 5 rings (SSSR count). The van der Waals surface area contributed by atoms with E-state index in [1.54, 1.807) is 5.38 Å². The number of aromatic nitrogens is 2. The molecule has 1 fully saturated rings. The second-order valence-corrected chi connectivity index (χ2v) is 19.1. The summed E-state index contributed by atoms with van der Waals surface area (Å²) in [6, 6.07) is 1.04. The molecule has 44 heavy (non-hydrogen) atoms. The Labute approximate surface area is 263 Å². The van der Waals surface area contributed by atoms with Crippen molar-refractivity contribution in [1.82, 2.24) is 15.2 Å². The lowest BCUT2D eigenvalue weighted by Crippen LogP contribution is -2.71. The zero-order chi connectivity index (χ0) is 31.3. The number of anilines is 1. The number of aliphatic imine (C=N–C) groups is 1. The highest BCUT2D eigenvalue weighted by Gasteiger charge is 2.55. The van der Waals surface area contributed by atoms with Crippen LogP contribution in [0.1, 0.15) is 25.1 Å². The van der Waals surface area contributed by atoms with Crippen molar-refractivity contribution in [2.45, 2.75) is 57.0 Å². The number of carbonyl (C=O) groups excluding carboxylic acids is 2. The van der Waals surface area contributed by atoms with Crippen molar-refractivity contribution in [2.75, 3.05) is 25.2 Å². The molecule has 0 radical (unpaired) electrons. The third kappa shape index (κ3) is 6.35. The van der Waals surface area contributed by atoms with Crippen LogP contribution in [-0.4, -0.2) is 94.4 Å². The number of rotatable bonds is 9. The van der Waals surface area contributed by atoms with Crippen LogP contribution in [0.4, 0.5) is 5.13 Å². The number of oxime groups is 1. The Hall–Kier alpha value is -3.80. The van der Waals surface area contributed by atoms with Gasteiger partial charge in [0.15, 0.2) is 29.8 Å². The van der Waals surface area contributed by atoms with Gasteiger partial charge < -0.3 is 31.2 Å². The minimum atomic E-state index is -1.87. The molecule has 1 saturated heterocycles. The van der Waals surface area contributed by atoms with E-state index in [0.29, 0.717) is 23.8 Å². The summed E-state index contributed by atoms with van der Waals surface area (Å²) in [4.78, 5) is 53.7. The maximum Gasteiger partial charge on any atom is 0.352 e. The van der Waals surface area contributed by atoms with Crippen molar-refractivity contribution in [3.8, 4) is 0 Å². The first-order valence-corrected chi connectivity index (χ1v) is 18.9. The molecule has 0 bridgehead atoms. The third-order valence-corrected chi connectivity index (χ3v) is 11.1. The standard InChI is InChI=1S/C27H33N7O6S2Si.H2O/c1-27(2)13-40-22(31-27)15-7-8-33(10-17(15)43(4,5)6)9-14-11-41-24-19(23(36)34(24)20(14)25(37)38)30-21(35)18(32-39-3)16-12-42-26(28)29-16;/h7-8,10,12,19,24H,9,11,13H2,1-6H3,(H3-,28,29,30,35,37,38);1H2/b32-18-;/t19-,24-;/m0./s1. The normalized spacial score (nSPS) is 21.0. The van der Waals surface area contributed by atoms with Gasteiger partial charge in [0.2, 0.25) is 5.90 Å². The maximum absolute atomic E-state index is 13.3. The van der Waals surface area contributed by atoms with Gasteiger partial charge in [0.25, 0.3) is 11.8 Å². The lowest BCUT2D eigenvalue weighted by molar-refractivity contribution is -0.688. The summed E-state index contributed by atoms with van der Waals surface area (Å²) >= 11 is 2.53. The maximum atomic E-state index is 13.3. The zero-order valence-corrected chi connectivity index (χ0v) is 27.8. The van der Waals surface area contributed by atoms with Crippen molar-refractivity contribution < 1.29 is 39.1 Å². The number of aliphatic carboxylic acids is 1. The monoisotopic (exact) mass is 661 g/mol. The summed E-state index contributed by atoms with van der Waals surface area (Å²) in [5, 5.41) is 19.0. The van der Waals surface area contributed by atoms with E-state index in [9.17, 15) is 19.5 Å². The van der Waals surface area contributed by atoms with E-state index in [4.69, 9.17) is 20.3 Å². The Bertz CT molecular complexity index is 1600. The molecular formula is C27H35N7O7S2Si. The summed E-state index contributed by atoms with van der Waals surface area (Å²) in [5.74, 6) is -1.39. The molecule has 5 N–H and O–H groups in total. The van der Waals surface area contributed by atoms with Crippen LogP contribution in [0.25, 0.3) is 0 Å². The van der Waals surface area contributed by atoms with Crippen molar-refractivity contribution in [2.24, 2.45) is 10.1 Å². The fourth-order valence-corrected chi connectivity index (χ4v) is 8.50. The van der Waals surface area contributed by atoms with Gasteiger partial charge in [0, 0.05) is 33.5 Å². The average Bonchev–Trinajstić information content (AvgIpc) is 3.53. The van der Waals surface area contributed by atoms with Crippen LogP contribution in [0.5, 0.6) is 0 Å². The molecule has 2 aromatic rings. The van der Waals surface area contributed by atoms with E-state index in [-0.39, 0.29) is 39.8 Å². The van der Waals surface area contributed by atoms with Crippen LogP contribution in [-0.2, 0) is 30.5 Å². The number of thiazole rings is 1. The second-order valence-electron chi connectivity index (χ2n) is 12.0. The molecule has 5 heterocycles. The molecule has 2 aromatic heterocycles. The number of carboxylic acid groups (broad SMARTS) is 1. The molecule has 0 spiro atoms. The van der Waals surface area contributed by atoms with E-state index in [2.05, 4.69) is 35.1 Å². The summed E-state index contributed by atoms with van der Waals surface area (Å²) in [6.45, 7) is 11.6. The van der Waals surface area contributed by atoms with Gasteiger partial charge in [-0.3, -0.25) is 14.5 Å². The Morgan fingerprint density at radius 2 is 2.09 bits per heavy atom. The van der Waals surface area contributed by atoms with Crippen LogP contribution < -0.4 is 20.8 Å². The predicted octanol–water partition coefficient (Wildman–Crippen LogP) is 0.726. The summed E-state index contributed by atoms with van der Waals surface area (Å²) in [6.07, 6.45) is 3.94. The SMILES string of the molecule is CO/N=C(\C(=O)N[C@H]1C(=O)N2C(C(=O)O)=C(C[n+]3ccc(C4=NC(C)(C)CO4)c([Si](C)(C)C)c3)CS[C@@H]12)c1csc(N)n1.[OH-]. The van der Waals surface area contributed by atoms with Gasteiger partial charge >= 0.3 is 5.97 Å². The first-order valence-electron chi connectivity index (χ1n) is 13.5. The Morgan fingerprint density at radius 1 is 1.36 bits per heavy atom. The van der Waals surface area contributed by atoms with E-state index in [1.807, 2.05) is 36.9 Å². The van der Waals surface area contributed by atoms with Gasteiger partial charge in [-0.25, -0.2) is 19.3 Å². The van der Waals surface area contributed by atoms with Gasteiger partial charge in [0.1, 0.15) is 36.5 Å². The molecule has 2 atom stereocenters. The molecule has 17 heteroatoms. The van der Waals surface area contributed by atoms with Crippen molar-refractivity contribution in [3.63, 3.8) is 0 Å². The van der Waals surface area contributed by atoms with E-state index >= 15 is 0 Å². The lowest BCUT2D eigenvalue weighted by Gasteiger charge is -2.49. The first-order chi connectivity index (χ1) is 20.2. The quantitative estimate of drug-likeness (QED) is 0.113. The number of nitrogens with one attached hydrogen (secondary N) is 1. The average molecular weight is 662 g/mol. The molecule has 0 saturated carbocycles. The summed E-state index contributed by atoms with van der Waals surface area (Å²) in [7, 11) is -0.580. The van der Waals surface area contributed by atoms with Crippen LogP contribution in [0.2, 0.25) is 19.6 Å². The molecule has 2 amide bonds. The smallest absolute Gasteiger partial charge is 0.352 e. The number of fused-ring (bicyclic) bond motifs is 1. The van der Waals surface area contributed by atoms with Crippen molar-refractivity contribution in [1.29, 1.82) is 0 Å². The zero-order valence-electron chi connectivity index (χ0n) is 25.2. The Morgan fingerprint density at radius 3 is 2.66 bits per heavy atom. The number of ether oxygens (including phenoxy) is 1. The number of carboxylic acids is 1. The topological polar surface area (TPSA) is 203 Å². The number of thioether (sulfide) groups is 1. The van der Waals surface area contributed by atoms with Crippen molar-refractivity contribution >= 4 is 70.9 Å². The third-order valence-electron chi connectivity index (χ3n) is 7.09. The van der Waals surface area contributed by atoms with Gasteiger partial charge in [0.05, 0.1) is 13.6 Å². The molecule has 0 aliphatic carbocycles. The first kappa shape index (κ1) is 33.1. The largest absolute Gasteiger partial charge is 0.870 e. The Balaban J connectivity index is 0.00000442. The highest BCUT2D eigenvalue weighted by atomic mass is 32.2. The van der Waals surface area contributed by atoms with Gasteiger partial charge in [-0.05, 0) is 13.8 Å². The molecule has 236 valence electrons. The Kier molecular flexibility index (Phi) is 9.25. The van der Waals surface area contributed by atoms with Crippen LogP contribution in [0.15, 0.2) is 45.3 Å². The fourth-order valence-electron chi connectivity index (χ4n) is 5.07. The number of amides is 2.